The fourth-order valence-electron chi connectivity index (χ4n) is 3.44. The summed E-state index contributed by atoms with van der Waals surface area (Å²) < 4.78 is 135. The number of anilines is 2. The Morgan fingerprint density at radius 2 is 1.23 bits per heavy atom. The average molecular weight is 609 g/mol. The van der Waals surface area contributed by atoms with Gasteiger partial charge in [0.2, 0.25) is 0 Å². The molecule has 0 bridgehead atoms. The Morgan fingerprint density at radius 1 is 0.725 bits per heavy atom. The molecule has 0 unspecified atom stereocenters. The summed E-state index contributed by atoms with van der Waals surface area (Å²) >= 11 is 0. The molecule has 0 aliphatic carbocycles. The van der Waals surface area contributed by atoms with Gasteiger partial charge in [-0.1, -0.05) is 17.7 Å². The second-order valence-electron chi connectivity index (χ2n) is 8.32. The van der Waals surface area contributed by atoms with Crippen molar-refractivity contribution in [2.45, 2.75) is 22.1 Å². The smallest absolute Gasteiger partial charge is 0.387 e. The van der Waals surface area contributed by atoms with E-state index in [0.717, 1.165) is 36.4 Å². The number of alkyl halides is 6. The second-order valence-corrected chi connectivity index (χ2v) is 11.7. The number of hydrogen-bond donors (Lipinski definition) is 3. The fraction of sp³-hybridized carbons (Fsp3) is 0.130. The highest BCUT2D eigenvalue weighted by Gasteiger charge is 2.33. The van der Waals surface area contributed by atoms with Gasteiger partial charge >= 0.3 is 12.4 Å². The lowest BCUT2D eigenvalue weighted by molar-refractivity contribution is -0.138. The third kappa shape index (κ3) is 6.43. The van der Waals surface area contributed by atoms with Crippen LogP contribution in [0.25, 0.3) is 5.76 Å². The van der Waals surface area contributed by atoms with Gasteiger partial charge < -0.3 is 4.84 Å². The Kier molecular flexibility index (Phi) is 7.42. The normalized spacial score (nSPS) is 14.5. The summed E-state index contributed by atoms with van der Waals surface area (Å²) in [6, 6.07) is 9.22. The number of halogens is 6. The van der Waals surface area contributed by atoms with Crippen LogP contribution in [0.1, 0.15) is 16.7 Å². The van der Waals surface area contributed by atoms with E-state index in [1.807, 2.05) is 9.44 Å². The average Bonchev–Trinajstić information content (AvgIpc) is 3.30. The highest BCUT2D eigenvalue weighted by molar-refractivity contribution is 7.93. The van der Waals surface area contributed by atoms with E-state index >= 15 is 0 Å². The van der Waals surface area contributed by atoms with E-state index < -0.39 is 64.7 Å². The molecule has 3 aromatic carbocycles. The molecule has 0 amide bonds. The Morgan fingerprint density at radius 3 is 1.68 bits per heavy atom. The molecule has 0 atom stereocenters. The number of nitrogens with one attached hydrogen (secondary N) is 3. The van der Waals surface area contributed by atoms with Crippen LogP contribution < -0.4 is 15.0 Å². The maximum Gasteiger partial charge on any atom is 0.416 e. The van der Waals surface area contributed by atoms with Crippen molar-refractivity contribution in [3.05, 3.63) is 89.6 Å². The predicted molar refractivity (Wildman–Crippen MR) is 131 cm³/mol. The number of benzene rings is 3. The van der Waals surface area contributed by atoms with Gasteiger partial charge in [-0.25, -0.2) is 16.8 Å². The summed E-state index contributed by atoms with van der Waals surface area (Å²) in [4.78, 5) is 3.67. The molecule has 9 nitrogen and oxygen atoms in total. The molecule has 0 fully saturated rings. The van der Waals surface area contributed by atoms with Crippen molar-refractivity contribution in [3.63, 3.8) is 0 Å². The van der Waals surface area contributed by atoms with E-state index in [-0.39, 0.29) is 11.3 Å². The monoisotopic (exact) mass is 608 g/mol. The van der Waals surface area contributed by atoms with Crippen LogP contribution in [0.15, 0.2) is 82.7 Å². The van der Waals surface area contributed by atoms with Crippen molar-refractivity contribution in [3.8, 4) is 0 Å². The molecule has 1 aliphatic heterocycles. The first-order valence-electron chi connectivity index (χ1n) is 10.9. The van der Waals surface area contributed by atoms with E-state index in [2.05, 4.69) is 5.59 Å². The molecule has 3 aromatic rings. The van der Waals surface area contributed by atoms with Gasteiger partial charge in [-0.2, -0.15) is 26.3 Å². The number of rotatable bonds is 7. The number of hydrogen-bond acceptors (Lipinski definition) is 7. The first kappa shape index (κ1) is 29.0. The summed E-state index contributed by atoms with van der Waals surface area (Å²) in [5.74, 6) is 0.161. The third-order valence-corrected chi connectivity index (χ3v) is 8.07. The Bertz CT molecular complexity index is 1690. The molecule has 1 aliphatic rings. The van der Waals surface area contributed by atoms with E-state index in [0.29, 0.717) is 24.3 Å². The number of nitrogens with zero attached hydrogens (tertiary/aromatic N) is 1. The largest absolute Gasteiger partial charge is 0.416 e. The molecule has 17 heteroatoms. The summed E-state index contributed by atoms with van der Waals surface area (Å²) in [5.41, 5.74) is -0.693. The van der Waals surface area contributed by atoms with Gasteiger partial charge in [0.1, 0.15) is 0 Å². The Hall–Kier alpha value is -3.96. The van der Waals surface area contributed by atoms with Gasteiger partial charge in [0, 0.05) is 12.6 Å². The number of hydrazine groups is 1. The lowest BCUT2D eigenvalue weighted by Crippen LogP contribution is -2.22. The fourth-order valence-corrected chi connectivity index (χ4v) is 5.68. The zero-order valence-corrected chi connectivity index (χ0v) is 21.6. The quantitative estimate of drug-likeness (QED) is 0.323. The Labute approximate surface area is 224 Å². The Balaban J connectivity index is 1.77. The highest BCUT2D eigenvalue weighted by Crippen LogP contribution is 2.35. The molecule has 3 N–H and O–H groups in total. The minimum absolute atomic E-state index is 0.161. The summed E-state index contributed by atoms with van der Waals surface area (Å²) in [5, 5.41) is 1.39. The van der Waals surface area contributed by atoms with Gasteiger partial charge in [-0.15, -0.1) is 0 Å². The van der Waals surface area contributed by atoms with Crippen molar-refractivity contribution in [1.29, 1.82) is 0 Å². The van der Waals surface area contributed by atoms with Crippen LogP contribution in [-0.4, -0.2) is 28.9 Å². The van der Waals surface area contributed by atoms with Crippen molar-refractivity contribution in [2.24, 2.45) is 0 Å². The molecule has 0 spiro atoms. The SMILES string of the molecule is CN1C=C(c2ccc(NS(=O)(=O)c3cccc(C(F)(F)F)c3)c(NS(=O)(=O)c3cccc(C(F)(F)F)c3)c2)ON1. The highest BCUT2D eigenvalue weighted by atomic mass is 32.2. The molecule has 0 saturated heterocycles. The summed E-state index contributed by atoms with van der Waals surface area (Å²) in [7, 11) is -7.87. The van der Waals surface area contributed by atoms with E-state index in [1.54, 1.807) is 7.05 Å². The molecule has 1 heterocycles. The lowest BCUT2D eigenvalue weighted by Gasteiger charge is -2.17. The zero-order chi connectivity index (χ0) is 29.5. The van der Waals surface area contributed by atoms with E-state index in [9.17, 15) is 43.2 Å². The van der Waals surface area contributed by atoms with Crippen molar-refractivity contribution >= 4 is 37.2 Å². The van der Waals surface area contributed by atoms with E-state index in [4.69, 9.17) is 4.84 Å². The van der Waals surface area contributed by atoms with Crippen LogP contribution in [0.5, 0.6) is 0 Å². The van der Waals surface area contributed by atoms with Crippen molar-refractivity contribution < 1.29 is 48.0 Å². The minimum atomic E-state index is -4.84. The molecule has 214 valence electrons. The van der Waals surface area contributed by atoms with Crippen LogP contribution in [0.4, 0.5) is 37.7 Å². The van der Waals surface area contributed by atoms with Gasteiger partial charge in [0.05, 0.1) is 38.5 Å². The van der Waals surface area contributed by atoms with Crippen molar-refractivity contribution in [1.82, 2.24) is 10.6 Å². The van der Waals surface area contributed by atoms with Gasteiger partial charge in [0.15, 0.2) is 5.76 Å². The second kappa shape index (κ2) is 10.2. The number of sulfonamides is 2. The van der Waals surface area contributed by atoms with Crippen LogP contribution in [-0.2, 0) is 37.2 Å². The zero-order valence-electron chi connectivity index (χ0n) is 20.0. The standard InChI is InChI=1S/C23H18F6N4O5S2/c1-33-13-21(38-32-33)14-8-9-19(30-39(34,35)17-6-2-4-15(11-17)22(24,25)26)20(10-14)31-40(36,37)18-7-3-5-16(12-18)23(27,28)29/h2-13,30-32H,1H3. The third-order valence-electron chi connectivity index (χ3n) is 5.35. The van der Waals surface area contributed by atoms with Crippen LogP contribution >= 0.6 is 0 Å². The molecule has 4 rings (SSSR count). The molecule has 0 saturated carbocycles. The van der Waals surface area contributed by atoms with Crippen LogP contribution in [0, 0.1) is 0 Å². The molecular weight excluding hydrogens is 590 g/mol. The lowest BCUT2D eigenvalue weighted by atomic mass is 10.1. The maximum absolute atomic E-state index is 13.2. The van der Waals surface area contributed by atoms with Crippen molar-refractivity contribution in [2.75, 3.05) is 16.5 Å². The predicted octanol–water partition coefficient (Wildman–Crippen LogP) is 5.01. The molecule has 0 radical (unpaired) electrons. The minimum Gasteiger partial charge on any atom is -0.387 e. The summed E-state index contributed by atoms with van der Waals surface area (Å²) in [6.45, 7) is 0. The molecule has 40 heavy (non-hydrogen) atoms. The van der Waals surface area contributed by atoms with Gasteiger partial charge in [-0.3, -0.25) is 14.5 Å². The maximum atomic E-state index is 13.2. The van der Waals surface area contributed by atoms with E-state index in [1.165, 1.54) is 17.3 Å². The van der Waals surface area contributed by atoms with Crippen LogP contribution in [0.2, 0.25) is 0 Å². The molecular formula is C23H18F6N4O5S2. The topological polar surface area (TPSA) is 117 Å². The van der Waals surface area contributed by atoms with Crippen LogP contribution in [0.3, 0.4) is 0 Å². The summed E-state index contributed by atoms with van der Waals surface area (Å²) in [6.07, 6.45) is -8.23. The first-order valence-corrected chi connectivity index (χ1v) is 13.8. The van der Waals surface area contributed by atoms with Gasteiger partial charge in [-0.05, 0) is 54.6 Å². The molecule has 0 aromatic heterocycles. The first-order chi connectivity index (χ1) is 18.5. The van der Waals surface area contributed by atoms with Gasteiger partial charge in [0.25, 0.3) is 20.0 Å².